The maximum Gasteiger partial charge on any atom is 0.224 e. The molecule has 0 aliphatic carbocycles. The normalized spacial score (nSPS) is 30.2. The summed E-state index contributed by atoms with van der Waals surface area (Å²) < 4.78 is 0. The number of fused-ring (bicyclic) bond motifs is 1. The van der Waals surface area contributed by atoms with E-state index in [2.05, 4.69) is 24.1 Å². The van der Waals surface area contributed by atoms with Crippen LogP contribution in [0.2, 0.25) is 0 Å². The molecule has 0 aromatic carbocycles. The van der Waals surface area contributed by atoms with E-state index < -0.39 is 0 Å². The highest BCUT2D eigenvalue weighted by atomic mass is 16.2. The largest absolute Gasteiger partial charge is 0.353 e. The Balaban J connectivity index is 1.84. The molecule has 0 radical (unpaired) electrons. The predicted octanol–water partition coefficient (Wildman–Crippen LogP) is 0.960. The predicted molar refractivity (Wildman–Crippen MR) is 73.1 cm³/mol. The van der Waals surface area contributed by atoms with Gasteiger partial charge in [-0.05, 0) is 38.1 Å². The summed E-state index contributed by atoms with van der Waals surface area (Å²) in [5.74, 6) is 0.442. The van der Waals surface area contributed by atoms with Gasteiger partial charge in [-0.3, -0.25) is 4.79 Å². The number of nitrogens with two attached hydrogens (primary N) is 1. The third-order valence-electron chi connectivity index (χ3n) is 4.56. The highest BCUT2D eigenvalue weighted by Crippen LogP contribution is 2.27. The zero-order valence-electron chi connectivity index (χ0n) is 11.7. The monoisotopic (exact) mass is 253 g/mol. The van der Waals surface area contributed by atoms with Crippen LogP contribution in [0.4, 0.5) is 0 Å². The summed E-state index contributed by atoms with van der Waals surface area (Å²) in [4.78, 5) is 14.7. The minimum absolute atomic E-state index is 0.0355. The van der Waals surface area contributed by atoms with Crippen molar-refractivity contribution in [3.63, 3.8) is 0 Å². The molecule has 2 rings (SSSR count). The van der Waals surface area contributed by atoms with Gasteiger partial charge in [-0.2, -0.15) is 0 Å². The zero-order valence-corrected chi connectivity index (χ0v) is 11.7. The number of hydrogen-bond donors (Lipinski definition) is 2. The SMILES string of the molecule is CC(C)C(CN)C(=O)NC1CCN2CCCC2C1. The molecule has 0 saturated carbocycles. The zero-order chi connectivity index (χ0) is 13.1. The molecule has 4 nitrogen and oxygen atoms in total. The minimum atomic E-state index is -0.0355. The first kappa shape index (κ1) is 13.8. The molecule has 0 aromatic rings. The van der Waals surface area contributed by atoms with E-state index in [0.29, 0.717) is 24.5 Å². The molecule has 104 valence electrons. The van der Waals surface area contributed by atoms with Gasteiger partial charge in [-0.25, -0.2) is 0 Å². The number of carbonyl (C=O) groups excluding carboxylic acids is 1. The van der Waals surface area contributed by atoms with Crippen LogP contribution in [-0.4, -0.2) is 42.5 Å². The molecule has 0 aromatic heterocycles. The summed E-state index contributed by atoms with van der Waals surface area (Å²) in [6.45, 7) is 6.98. The molecule has 3 atom stereocenters. The molecule has 1 amide bonds. The van der Waals surface area contributed by atoms with Crippen LogP contribution in [0.5, 0.6) is 0 Å². The van der Waals surface area contributed by atoms with Gasteiger partial charge in [0.25, 0.3) is 0 Å². The van der Waals surface area contributed by atoms with Gasteiger partial charge in [0.15, 0.2) is 0 Å². The maximum absolute atomic E-state index is 12.2. The lowest BCUT2D eigenvalue weighted by Crippen LogP contribution is -2.50. The molecule has 2 fully saturated rings. The maximum atomic E-state index is 12.2. The van der Waals surface area contributed by atoms with Crippen molar-refractivity contribution in [2.75, 3.05) is 19.6 Å². The quantitative estimate of drug-likeness (QED) is 0.784. The molecule has 18 heavy (non-hydrogen) atoms. The van der Waals surface area contributed by atoms with Gasteiger partial charge in [-0.15, -0.1) is 0 Å². The fraction of sp³-hybridized carbons (Fsp3) is 0.929. The van der Waals surface area contributed by atoms with Gasteiger partial charge in [0.1, 0.15) is 0 Å². The molecule has 2 heterocycles. The summed E-state index contributed by atoms with van der Waals surface area (Å²) in [7, 11) is 0. The smallest absolute Gasteiger partial charge is 0.224 e. The standard InChI is InChI=1S/C14H27N3O/c1-10(2)13(9-15)14(18)16-11-5-7-17-6-3-4-12(17)8-11/h10-13H,3-9,15H2,1-2H3,(H,16,18). The van der Waals surface area contributed by atoms with Crippen LogP contribution >= 0.6 is 0 Å². The van der Waals surface area contributed by atoms with Crippen LogP contribution in [0.15, 0.2) is 0 Å². The fourth-order valence-corrected chi connectivity index (χ4v) is 3.35. The van der Waals surface area contributed by atoms with Crippen molar-refractivity contribution in [3.05, 3.63) is 0 Å². The summed E-state index contributed by atoms with van der Waals surface area (Å²) >= 11 is 0. The van der Waals surface area contributed by atoms with Crippen molar-refractivity contribution in [2.24, 2.45) is 17.6 Å². The Labute approximate surface area is 110 Å². The number of hydrogen-bond acceptors (Lipinski definition) is 3. The molecule has 2 saturated heterocycles. The Morgan fingerprint density at radius 2 is 2.17 bits per heavy atom. The van der Waals surface area contributed by atoms with Gasteiger partial charge < -0.3 is 16.0 Å². The van der Waals surface area contributed by atoms with Crippen molar-refractivity contribution in [2.45, 2.75) is 51.6 Å². The highest BCUT2D eigenvalue weighted by molar-refractivity contribution is 5.79. The molecule has 4 heteroatoms. The number of piperidine rings is 1. The Hall–Kier alpha value is -0.610. The molecular formula is C14H27N3O. The number of rotatable bonds is 4. The summed E-state index contributed by atoms with van der Waals surface area (Å²) in [6, 6.07) is 1.07. The Morgan fingerprint density at radius 3 is 2.83 bits per heavy atom. The average Bonchev–Trinajstić information content (AvgIpc) is 2.76. The van der Waals surface area contributed by atoms with E-state index in [9.17, 15) is 4.79 Å². The van der Waals surface area contributed by atoms with E-state index in [1.165, 1.54) is 19.4 Å². The highest BCUT2D eigenvalue weighted by Gasteiger charge is 2.33. The second-order valence-electron chi connectivity index (χ2n) is 6.15. The van der Waals surface area contributed by atoms with Gasteiger partial charge >= 0.3 is 0 Å². The van der Waals surface area contributed by atoms with E-state index in [1.54, 1.807) is 0 Å². The second kappa shape index (κ2) is 6.02. The third kappa shape index (κ3) is 3.04. The molecule has 0 bridgehead atoms. The van der Waals surface area contributed by atoms with E-state index in [1.807, 2.05) is 0 Å². The topological polar surface area (TPSA) is 58.4 Å². The number of carbonyl (C=O) groups is 1. The molecular weight excluding hydrogens is 226 g/mol. The molecule has 2 aliphatic heterocycles. The van der Waals surface area contributed by atoms with E-state index in [4.69, 9.17) is 5.73 Å². The van der Waals surface area contributed by atoms with Crippen molar-refractivity contribution in [3.8, 4) is 0 Å². The van der Waals surface area contributed by atoms with Crippen LogP contribution in [0.25, 0.3) is 0 Å². The van der Waals surface area contributed by atoms with Gasteiger partial charge in [-0.1, -0.05) is 13.8 Å². The Kier molecular flexibility index (Phi) is 4.62. The molecule has 3 N–H and O–H groups in total. The van der Waals surface area contributed by atoms with Crippen LogP contribution in [0.3, 0.4) is 0 Å². The lowest BCUT2D eigenvalue weighted by Gasteiger charge is -2.36. The summed E-state index contributed by atoms with van der Waals surface area (Å²) in [5.41, 5.74) is 5.70. The lowest BCUT2D eigenvalue weighted by atomic mass is 9.93. The van der Waals surface area contributed by atoms with Gasteiger partial charge in [0, 0.05) is 25.2 Å². The van der Waals surface area contributed by atoms with E-state index in [-0.39, 0.29) is 11.8 Å². The van der Waals surface area contributed by atoms with E-state index in [0.717, 1.165) is 19.4 Å². The second-order valence-corrected chi connectivity index (χ2v) is 6.15. The van der Waals surface area contributed by atoms with Crippen LogP contribution < -0.4 is 11.1 Å². The van der Waals surface area contributed by atoms with Crippen molar-refractivity contribution in [1.82, 2.24) is 10.2 Å². The summed E-state index contributed by atoms with van der Waals surface area (Å²) in [5, 5.41) is 3.22. The van der Waals surface area contributed by atoms with Gasteiger partial charge in [0.2, 0.25) is 5.91 Å². The molecule has 0 spiro atoms. The van der Waals surface area contributed by atoms with Crippen LogP contribution in [0, 0.1) is 11.8 Å². The first-order valence-corrected chi connectivity index (χ1v) is 7.36. The molecule has 2 aliphatic rings. The van der Waals surface area contributed by atoms with Crippen molar-refractivity contribution >= 4 is 5.91 Å². The third-order valence-corrected chi connectivity index (χ3v) is 4.56. The first-order chi connectivity index (χ1) is 8.61. The van der Waals surface area contributed by atoms with Crippen molar-refractivity contribution in [1.29, 1.82) is 0 Å². The Morgan fingerprint density at radius 1 is 1.39 bits per heavy atom. The summed E-state index contributed by atoms with van der Waals surface area (Å²) in [6.07, 6.45) is 4.85. The Bertz CT molecular complexity index is 293. The number of nitrogens with one attached hydrogen (secondary N) is 1. The minimum Gasteiger partial charge on any atom is -0.353 e. The van der Waals surface area contributed by atoms with E-state index >= 15 is 0 Å². The van der Waals surface area contributed by atoms with Gasteiger partial charge in [0.05, 0.1) is 5.92 Å². The lowest BCUT2D eigenvalue weighted by molar-refractivity contribution is -0.127. The molecule has 3 unspecified atom stereocenters. The number of amides is 1. The first-order valence-electron chi connectivity index (χ1n) is 7.36. The van der Waals surface area contributed by atoms with Crippen molar-refractivity contribution < 1.29 is 4.79 Å². The van der Waals surface area contributed by atoms with Crippen LogP contribution in [-0.2, 0) is 4.79 Å². The fourth-order valence-electron chi connectivity index (χ4n) is 3.35. The number of nitrogens with zero attached hydrogens (tertiary/aromatic N) is 1. The van der Waals surface area contributed by atoms with Crippen LogP contribution in [0.1, 0.15) is 39.5 Å². The average molecular weight is 253 g/mol.